The highest BCUT2D eigenvalue weighted by atomic mass is 14.3. The van der Waals surface area contributed by atoms with Gasteiger partial charge < -0.3 is 0 Å². The summed E-state index contributed by atoms with van der Waals surface area (Å²) in [6, 6.07) is 98.8. The second-order valence-electron chi connectivity index (χ2n) is 53.8. The van der Waals surface area contributed by atoms with Crippen molar-refractivity contribution in [3.63, 3.8) is 0 Å². The molecule has 0 heteroatoms. The Balaban J connectivity index is 0.000000554. The van der Waals surface area contributed by atoms with Gasteiger partial charge in [0.15, 0.2) is 0 Å². The summed E-state index contributed by atoms with van der Waals surface area (Å²) < 4.78 is 0. The highest BCUT2D eigenvalue weighted by molar-refractivity contribution is 6.26. The third-order valence-corrected chi connectivity index (χ3v) is 18.7. The molecule has 0 aromatic heterocycles. The smallest absolute Gasteiger partial charge is 0.0339 e. The first-order valence-electron chi connectivity index (χ1n) is 55.8. The van der Waals surface area contributed by atoms with Gasteiger partial charge in [0.2, 0.25) is 0 Å². The van der Waals surface area contributed by atoms with Crippen molar-refractivity contribution in [2.75, 3.05) is 0 Å². The van der Waals surface area contributed by atoms with Crippen molar-refractivity contribution in [1.82, 2.24) is 0 Å². The van der Waals surface area contributed by atoms with Crippen molar-refractivity contribution in [2.45, 2.75) is 353 Å². The highest BCUT2D eigenvalue weighted by Gasteiger charge is 2.24. The Morgan fingerprint density at radius 1 is 0.162 bits per heavy atom. The molecular formula is C148H208. The molecule has 0 fully saturated rings. The van der Waals surface area contributed by atoms with Crippen molar-refractivity contribution in [1.29, 1.82) is 0 Å². The lowest BCUT2D eigenvalue weighted by Crippen LogP contribution is -2.13. The van der Waals surface area contributed by atoms with E-state index in [1.807, 2.05) is 69.2 Å². The lowest BCUT2D eigenvalue weighted by molar-refractivity contribution is 0.469. The molecule has 17 aromatic rings. The molecule has 17 aromatic carbocycles. The first-order valence-corrected chi connectivity index (χ1v) is 55.8. The minimum atomic E-state index is 0.500. The Morgan fingerprint density at radius 3 is 0.595 bits per heavy atom. The Bertz CT molecular complexity index is 6300. The number of hydrogen-bond acceptors (Lipinski definition) is 0. The molecule has 0 bridgehead atoms. The van der Waals surface area contributed by atoms with Crippen LogP contribution >= 0.6 is 0 Å². The molecule has 0 unspecified atom stereocenters. The average Bonchev–Trinajstić information content (AvgIpc) is 0.721. The summed E-state index contributed by atoms with van der Waals surface area (Å²) in [6.45, 7) is 108. The van der Waals surface area contributed by atoms with Gasteiger partial charge in [0.25, 0.3) is 0 Å². The van der Waals surface area contributed by atoms with E-state index in [2.05, 4.69) is 611 Å². The summed E-state index contributed by atoms with van der Waals surface area (Å²) in [5.74, 6) is 0.514. The molecule has 800 valence electrons. The van der Waals surface area contributed by atoms with E-state index in [4.69, 9.17) is 0 Å². The maximum atomic E-state index is 2.36. The molecule has 0 radical (unpaired) electrons. The number of fused-ring (bicyclic) bond motifs is 11. The van der Waals surface area contributed by atoms with Crippen LogP contribution in [0.2, 0.25) is 0 Å². The second-order valence-corrected chi connectivity index (χ2v) is 53.8. The third-order valence-electron chi connectivity index (χ3n) is 18.7. The zero-order chi connectivity index (χ0) is 113. The Morgan fingerprint density at radius 2 is 0.345 bits per heavy atom. The highest BCUT2D eigenvalue weighted by Crippen LogP contribution is 2.42. The van der Waals surface area contributed by atoms with E-state index < -0.39 is 0 Å². The predicted octanol–water partition coefficient (Wildman–Crippen LogP) is 49.0. The first-order chi connectivity index (χ1) is 68.6. The van der Waals surface area contributed by atoms with Crippen LogP contribution in [0.15, 0.2) is 344 Å². The molecule has 4 aliphatic carbocycles. The van der Waals surface area contributed by atoms with E-state index in [1.54, 1.807) is 0 Å². The number of benzene rings is 17. The molecule has 0 saturated heterocycles. The van der Waals surface area contributed by atoms with Crippen LogP contribution in [0.3, 0.4) is 0 Å². The van der Waals surface area contributed by atoms with Gasteiger partial charge in [-0.1, -0.05) is 650 Å². The lowest BCUT2D eigenvalue weighted by atomic mass is 9.76. The molecular weight excluding hydrogens is 1780 g/mol. The average molecular weight is 1990 g/mol. The van der Waals surface area contributed by atoms with Crippen LogP contribution in [0.1, 0.15) is 352 Å². The normalized spacial score (nSPS) is 12.4. The fraction of sp³-hybridized carbons (Fsp3) is 0.419. The Kier molecular flexibility index (Phi) is 55.0. The van der Waals surface area contributed by atoms with E-state index >= 15 is 0 Å². The first kappa shape index (κ1) is 133. The largest absolute Gasteiger partial charge is 0.0722 e. The zero-order valence-corrected chi connectivity index (χ0v) is 104. The van der Waals surface area contributed by atoms with Crippen LogP contribution in [0.25, 0.3) is 146 Å². The van der Waals surface area contributed by atoms with E-state index in [9.17, 15) is 0 Å². The quantitative estimate of drug-likeness (QED) is 0.105. The van der Waals surface area contributed by atoms with E-state index in [-0.39, 0.29) is 0 Å². The third kappa shape index (κ3) is 52.3. The topological polar surface area (TPSA) is 0 Å². The van der Waals surface area contributed by atoms with Crippen LogP contribution in [0.4, 0.5) is 0 Å². The second kappa shape index (κ2) is 61.2. The standard InChI is InChI=1S/C22H14.C19H12.C18H12.C16H10.C13H10.10C5H12.5C2H6/c1-3-7-17-13-21-19(11-15(17)5-1)9-10-20-12-16-6-2-4-8-18(16)14-22(20)21;1-3-12-7-9-14-10-8-13-4-2-6-16-11-15(5-1)17(12)19(14)18(13)16;1-2-8-14-13(7-1)15-9-3-4-11-17(15)18-12-6-5-10-16(14)18;1-3-11-7-9-13-5-2-6-14-10-8-12(4-1)15(11)16(13)14;1-4-10-6-2-8-12-9-3-7-11(5-1)13(10)12;10*1-5(2,3)4;5*1-2/h1-14H;1-7,9-11H,8H2;1-12H;1-10H;1-9,13H;10*1-4H3;5*1-2H3. The maximum Gasteiger partial charge on any atom is 0.0339 e. The van der Waals surface area contributed by atoms with Crippen LogP contribution in [-0.4, -0.2) is 0 Å². The number of allylic oxidation sites excluding steroid dienone is 12. The fourth-order valence-electron chi connectivity index (χ4n) is 14.7. The van der Waals surface area contributed by atoms with Gasteiger partial charge in [-0.25, -0.2) is 0 Å². The molecule has 0 spiro atoms. The summed E-state index contributed by atoms with van der Waals surface area (Å²) in [6.07, 6.45) is 23.0. The summed E-state index contributed by atoms with van der Waals surface area (Å²) in [4.78, 5) is 0. The summed E-state index contributed by atoms with van der Waals surface area (Å²) in [7, 11) is 0. The van der Waals surface area contributed by atoms with Crippen molar-refractivity contribution >= 4 is 146 Å². The van der Waals surface area contributed by atoms with Gasteiger partial charge >= 0.3 is 0 Å². The Hall–Kier alpha value is -11.2. The number of hydrogen-bond donors (Lipinski definition) is 0. The minimum absolute atomic E-state index is 0.500. The van der Waals surface area contributed by atoms with Gasteiger partial charge in [-0.05, 0) is 258 Å². The molecule has 0 amide bonds. The molecule has 0 saturated carbocycles. The lowest BCUT2D eigenvalue weighted by Gasteiger charge is -2.27. The maximum absolute atomic E-state index is 2.36. The van der Waals surface area contributed by atoms with Crippen molar-refractivity contribution in [2.24, 2.45) is 60.1 Å². The monoisotopic (exact) mass is 1990 g/mol. The molecule has 0 nitrogen and oxygen atoms in total. The fourth-order valence-corrected chi connectivity index (χ4v) is 14.7. The molecule has 0 N–H and O–H groups in total. The van der Waals surface area contributed by atoms with Crippen molar-refractivity contribution in [3.05, 3.63) is 355 Å². The van der Waals surface area contributed by atoms with E-state index in [0.29, 0.717) is 60.1 Å². The van der Waals surface area contributed by atoms with E-state index in [0.717, 1.165) is 6.42 Å². The number of rotatable bonds is 0. The molecule has 4 aliphatic rings. The molecule has 21 rings (SSSR count). The van der Waals surface area contributed by atoms with E-state index in [1.165, 1.54) is 168 Å². The van der Waals surface area contributed by atoms with Crippen LogP contribution in [0.5, 0.6) is 0 Å². The van der Waals surface area contributed by atoms with Crippen LogP contribution in [-0.2, 0) is 6.42 Å². The van der Waals surface area contributed by atoms with Gasteiger partial charge in [-0.3, -0.25) is 0 Å². The Labute approximate surface area is 907 Å². The minimum Gasteiger partial charge on any atom is -0.0722 e. The van der Waals surface area contributed by atoms with Crippen LogP contribution in [0, 0.1) is 60.1 Å². The summed E-state index contributed by atoms with van der Waals surface area (Å²) in [5.41, 5.74) is 10.7. The van der Waals surface area contributed by atoms with Gasteiger partial charge in [0, 0.05) is 5.92 Å². The van der Waals surface area contributed by atoms with Gasteiger partial charge in [-0.15, -0.1) is 0 Å². The molecule has 148 heavy (non-hydrogen) atoms. The predicted molar refractivity (Wildman–Crippen MR) is 691 cm³/mol. The van der Waals surface area contributed by atoms with Gasteiger partial charge in [0.1, 0.15) is 0 Å². The van der Waals surface area contributed by atoms with Gasteiger partial charge in [0.05, 0.1) is 0 Å². The zero-order valence-electron chi connectivity index (χ0n) is 104. The van der Waals surface area contributed by atoms with Crippen molar-refractivity contribution in [3.8, 4) is 0 Å². The summed E-state index contributed by atoms with van der Waals surface area (Å²) in [5, 5.41) is 36.5. The molecule has 0 atom stereocenters. The van der Waals surface area contributed by atoms with Gasteiger partial charge in [-0.2, -0.15) is 0 Å². The van der Waals surface area contributed by atoms with Crippen LogP contribution < -0.4 is 5.22 Å². The molecule has 0 aliphatic heterocycles. The molecule has 0 heterocycles. The summed E-state index contributed by atoms with van der Waals surface area (Å²) >= 11 is 0. The SMILES string of the molecule is C1=CC2=CC=CC3=CC=CC(=C1)C23.C1=c2ccc3cccc4cc5cccc(c5c2c34)C1.CC.CC.CC.CC.CC.CC(C)(C)C.CC(C)(C)C.CC(C)(C)C.CC(C)(C)C.CC(C)(C)C.CC(C)(C)C.CC(C)(C)C.CC(C)(C)C.CC(C)(C)C.CC(C)(C)C.c1cc2ccc3cccc4ccc(c1)c2c34.c1ccc2c(c1)c1ccccc1c1ccccc21.c1ccc2cc3c(ccc4cc5ccccc5cc43)cc2c1. The van der Waals surface area contributed by atoms with Crippen molar-refractivity contribution < 1.29 is 0 Å².